The molecule has 0 aromatic heterocycles. The predicted molar refractivity (Wildman–Crippen MR) is 58.6 cm³/mol. The molecule has 0 saturated heterocycles. The van der Waals surface area contributed by atoms with Crippen LogP contribution in [-0.4, -0.2) is 10.2 Å². The molecule has 0 heterocycles. The molecule has 2 aliphatic rings. The molecule has 2 unspecified atom stereocenters. The summed E-state index contributed by atoms with van der Waals surface area (Å²) in [4.78, 5) is 0. The zero-order valence-electron chi connectivity index (χ0n) is 9.17. The second-order valence-corrected chi connectivity index (χ2v) is 4.98. The van der Waals surface area contributed by atoms with Gasteiger partial charge in [-0.05, 0) is 56.1 Å². The highest BCUT2D eigenvalue weighted by molar-refractivity contribution is 5.62. The van der Waals surface area contributed by atoms with Gasteiger partial charge in [0.05, 0.1) is 0 Å². The third kappa shape index (κ3) is 0.947. The van der Waals surface area contributed by atoms with Crippen molar-refractivity contribution in [1.82, 2.24) is 0 Å². The van der Waals surface area contributed by atoms with Crippen molar-refractivity contribution in [2.45, 2.75) is 44.9 Å². The average molecular weight is 204 g/mol. The molecule has 2 bridgehead atoms. The van der Waals surface area contributed by atoms with Crippen LogP contribution in [0.1, 0.15) is 53.4 Å². The molecule has 2 N–H and O–H groups in total. The second-order valence-electron chi connectivity index (χ2n) is 4.98. The van der Waals surface area contributed by atoms with Gasteiger partial charge in [-0.15, -0.1) is 0 Å². The number of aromatic hydroxyl groups is 2. The van der Waals surface area contributed by atoms with Gasteiger partial charge < -0.3 is 10.2 Å². The van der Waals surface area contributed by atoms with Crippen LogP contribution in [0.5, 0.6) is 11.5 Å². The smallest absolute Gasteiger partial charge is 0.122 e. The van der Waals surface area contributed by atoms with Crippen LogP contribution in [-0.2, 0) is 0 Å². The summed E-state index contributed by atoms with van der Waals surface area (Å²) in [5.74, 6) is 1.87. The van der Waals surface area contributed by atoms with E-state index in [1.807, 2.05) is 13.8 Å². The van der Waals surface area contributed by atoms with Crippen molar-refractivity contribution in [3.63, 3.8) is 0 Å². The van der Waals surface area contributed by atoms with Gasteiger partial charge in [-0.1, -0.05) is 0 Å². The summed E-state index contributed by atoms with van der Waals surface area (Å²) >= 11 is 0. The van der Waals surface area contributed by atoms with Gasteiger partial charge in [0.15, 0.2) is 0 Å². The quantitative estimate of drug-likeness (QED) is 0.637. The van der Waals surface area contributed by atoms with E-state index < -0.39 is 0 Å². The molecule has 2 aliphatic carbocycles. The lowest BCUT2D eigenvalue weighted by atomic mass is 9.86. The number of phenols is 2. The molecular weight excluding hydrogens is 188 g/mol. The summed E-state index contributed by atoms with van der Waals surface area (Å²) in [5.41, 5.74) is 3.79. The fraction of sp³-hybridized carbons (Fsp3) is 0.538. The Morgan fingerprint density at radius 1 is 0.867 bits per heavy atom. The summed E-state index contributed by atoms with van der Waals surface area (Å²) < 4.78 is 0. The van der Waals surface area contributed by atoms with Crippen LogP contribution in [0.25, 0.3) is 0 Å². The van der Waals surface area contributed by atoms with Crippen LogP contribution >= 0.6 is 0 Å². The lowest BCUT2D eigenvalue weighted by Crippen LogP contribution is -2.02. The molecular formula is C13H16O2. The van der Waals surface area contributed by atoms with Crippen LogP contribution in [0.2, 0.25) is 0 Å². The predicted octanol–water partition coefficient (Wildman–Crippen LogP) is 3.08. The highest BCUT2D eigenvalue weighted by Gasteiger charge is 2.41. The van der Waals surface area contributed by atoms with Crippen molar-refractivity contribution >= 4 is 0 Å². The summed E-state index contributed by atoms with van der Waals surface area (Å²) in [6.07, 6.45) is 3.47. The molecule has 0 amide bonds. The largest absolute Gasteiger partial charge is 0.507 e. The van der Waals surface area contributed by atoms with Crippen LogP contribution < -0.4 is 0 Å². The third-order valence-corrected chi connectivity index (χ3v) is 4.32. The summed E-state index contributed by atoms with van der Waals surface area (Å²) in [5, 5.41) is 20.3. The fourth-order valence-corrected chi connectivity index (χ4v) is 3.35. The maximum Gasteiger partial charge on any atom is 0.122 e. The Hall–Kier alpha value is -1.18. The van der Waals surface area contributed by atoms with Gasteiger partial charge in [0.2, 0.25) is 0 Å². The maximum absolute atomic E-state index is 10.1. The van der Waals surface area contributed by atoms with Crippen molar-refractivity contribution in [3.05, 3.63) is 22.3 Å². The molecule has 0 aliphatic heterocycles. The van der Waals surface area contributed by atoms with Crippen molar-refractivity contribution in [2.75, 3.05) is 0 Å². The van der Waals surface area contributed by atoms with Gasteiger partial charge in [-0.2, -0.15) is 0 Å². The minimum atomic E-state index is 0.438. The van der Waals surface area contributed by atoms with E-state index in [4.69, 9.17) is 0 Å². The van der Waals surface area contributed by atoms with Crippen molar-refractivity contribution in [1.29, 1.82) is 0 Å². The van der Waals surface area contributed by atoms with E-state index in [2.05, 4.69) is 0 Å². The molecule has 1 aromatic carbocycles. The minimum absolute atomic E-state index is 0.438. The lowest BCUT2D eigenvalue weighted by Gasteiger charge is -2.21. The van der Waals surface area contributed by atoms with E-state index in [1.54, 1.807) is 0 Å². The fourth-order valence-electron chi connectivity index (χ4n) is 3.35. The first kappa shape index (κ1) is 9.08. The normalized spacial score (nSPS) is 27.1. The van der Waals surface area contributed by atoms with Gasteiger partial charge >= 0.3 is 0 Å². The Morgan fingerprint density at radius 2 is 1.27 bits per heavy atom. The van der Waals surface area contributed by atoms with Crippen LogP contribution in [0, 0.1) is 13.8 Å². The van der Waals surface area contributed by atoms with Gasteiger partial charge in [-0.25, -0.2) is 0 Å². The van der Waals surface area contributed by atoms with E-state index in [9.17, 15) is 10.2 Å². The van der Waals surface area contributed by atoms with E-state index in [1.165, 1.54) is 12.8 Å². The Morgan fingerprint density at radius 3 is 1.67 bits per heavy atom. The van der Waals surface area contributed by atoms with E-state index in [0.29, 0.717) is 23.3 Å². The first-order valence-electron chi connectivity index (χ1n) is 5.66. The Kier molecular flexibility index (Phi) is 1.63. The Balaban J connectivity index is 2.36. The zero-order chi connectivity index (χ0) is 10.7. The number of hydrogen-bond acceptors (Lipinski definition) is 2. The van der Waals surface area contributed by atoms with Gasteiger partial charge in [0.1, 0.15) is 11.5 Å². The summed E-state index contributed by atoms with van der Waals surface area (Å²) in [7, 11) is 0. The Labute approximate surface area is 89.6 Å². The molecule has 1 fully saturated rings. The average Bonchev–Trinajstić information content (AvgIpc) is 2.82. The molecule has 3 rings (SSSR count). The van der Waals surface area contributed by atoms with Gasteiger partial charge in [0.25, 0.3) is 0 Å². The summed E-state index contributed by atoms with van der Waals surface area (Å²) in [6, 6.07) is 0. The Bertz CT molecular complexity index is 408. The maximum atomic E-state index is 10.1. The van der Waals surface area contributed by atoms with Crippen LogP contribution in [0.4, 0.5) is 0 Å². The van der Waals surface area contributed by atoms with Crippen molar-refractivity contribution < 1.29 is 10.2 Å². The SMILES string of the molecule is Cc1c(C)c(O)c2c(c1O)C1CCC2C1. The molecule has 2 nitrogen and oxygen atoms in total. The first-order valence-corrected chi connectivity index (χ1v) is 5.66. The molecule has 15 heavy (non-hydrogen) atoms. The third-order valence-electron chi connectivity index (χ3n) is 4.32. The van der Waals surface area contributed by atoms with Gasteiger partial charge in [0, 0.05) is 11.1 Å². The molecule has 1 saturated carbocycles. The number of phenolic OH excluding ortho intramolecular Hbond substituents is 2. The number of hydrogen-bond donors (Lipinski definition) is 2. The lowest BCUT2D eigenvalue weighted by molar-refractivity contribution is 0.435. The minimum Gasteiger partial charge on any atom is -0.507 e. The van der Waals surface area contributed by atoms with E-state index in [0.717, 1.165) is 28.7 Å². The number of benzene rings is 1. The molecule has 2 atom stereocenters. The monoisotopic (exact) mass is 204 g/mol. The molecule has 80 valence electrons. The van der Waals surface area contributed by atoms with E-state index >= 15 is 0 Å². The molecule has 0 spiro atoms. The second kappa shape index (κ2) is 2.69. The van der Waals surface area contributed by atoms with Crippen LogP contribution in [0.15, 0.2) is 0 Å². The number of rotatable bonds is 0. The van der Waals surface area contributed by atoms with Crippen molar-refractivity contribution in [3.8, 4) is 11.5 Å². The highest BCUT2D eigenvalue weighted by Crippen LogP contribution is 2.59. The van der Waals surface area contributed by atoms with Gasteiger partial charge in [-0.3, -0.25) is 0 Å². The topological polar surface area (TPSA) is 40.5 Å². The first-order chi connectivity index (χ1) is 7.11. The zero-order valence-corrected chi connectivity index (χ0v) is 9.17. The van der Waals surface area contributed by atoms with Crippen molar-refractivity contribution in [2.24, 2.45) is 0 Å². The van der Waals surface area contributed by atoms with E-state index in [-0.39, 0.29) is 0 Å². The summed E-state index contributed by atoms with van der Waals surface area (Å²) in [6.45, 7) is 3.77. The standard InChI is InChI=1S/C13H16O2/c1-6-7(2)13(15)11-9-4-3-8(5-9)10(11)12(6)14/h8-9,14-15H,3-5H2,1-2H3. The molecule has 2 heteroatoms. The molecule has 1 aromatic rings. The van der Waals surface area contributed by atoms with Crippen LogP contribution in [0.3, 0.4) is 0 Å². The molecule has 0 radical (unpaired) electrons. The number of fused-ring (bicyclic) bond motifs is 5. The highest BCUT2D eigenvalue weighted by atomic mass is 16.3.